The van der Waals surface area contributed by atoms with Gasteiger partial charge in [-0.25, -0.2) is 13.6 Å². The first kappa shape index (κ1) is 15.0. The first-order valence-electron chi connectivity index (χ1n) is 5.53. The molecule has 0 fully saturated rings. The predicted molar refractivity (Wildman–Crippen MR) is 73.2 cm³/mol. The van der Waals surface area contributed by atoms with Crippen molar-refractivity contribution in [3.63, 3.8) is 0 Å². The summed E-state index contributed by atoms with van der Waals surface area (Å²) in [7, 11) is 0. The molecule has 8 heteroatoms. The Morgan fingerprint density at radius 3 is 2.43 bits per heavy atom. The van der Waals surface area contributed by atoms with Crippen molar-refractivity contribution in [3.8, 4) is 0 Å². The van der Waals surface area contributed by atoms with E-state index in [9.17, 15) is 18.4 Å². The maximum atomic E-state index is 13.7. The lowest BCUT2D eigenvalue weighted by Gasteiger charge is -2.09. The summed E-state index contributed by atoms with van der Waals surface area (Å²) in [6.07, 6.45) is 2.30. The van der Waals surface area contributed by atoms with Gasteiger partial charge in [-0.2, -0.15) is 0 Å². The van der Waals surface area contributed by atoms with Gasteiger partial charge in [-0.15, -0.1) is 0 Å². The molecule has 0 unspecified atom stereocenters. The smallest absolute Gasteiger partial charge is 0.337 e. The summed E-state index contributed by atoms with van der Waals surface area (Å²) >= 11 is 2.89. The summed E-state index contributed by atoms with van der Waals surface area (Å²) in [5.41, 5.74) is -1.20. The first-order chi connectivity index (χ1) is 9.90. The molecular formula is C13H7BrF2N2O3. The molecular weight excluding hydrogens is 350 g/mol. The lowest BCUT2D eigenvalue weighted by Crippen LogP contribution is -2.18. The molecule has 1 aromatic heterocycles. The summed E-state index contributed by atoms with van der Waals surface area (Å²) in [5.74, 6) is -4.54. The number of rotatable bonds is 3. The molecule has 2 rings (SSSR count). The van der Waals surface area contributed by atoms with Crippen LogP contribution in [0.5, 0.6) is 0 Å². The summed E-state index contributed by atoms with van der Waals surface area (Å²) in [6, 6.07) is 3.02. The Bertz CT molecular complexity index is 714. The van der Waals surface area contributed by atoms with E-state index in [-0.39, 0.29) is 15.7 Å². The number of aromatic carboxylic acids is 1. The van der Waals surface area contributed by atoms with E-state index in [1.54, 1.807) is 0 Å². The number of aromatic nitrogens is 1. The molecule has 0 saturated carbocycles. The molecule has 1 aromatic carbocycles. The molecule has 0 bridgehead atoms. The van der Waals surface area contributed by atoms with Crippen LogP contribution in [0.2, 0.25) is 0 Å². The molecule has 1 heterocycles. The Labute approximate surface area is 125 Å². The summed E-state index contributed by atoms with van der Waals surface area (Å²) in [4.78, 5) is 26.6. The summed E-state index contributed by atoms with van der Waals surface area (Å²) < 4.78 is 27.5. The molecule has 0 aliphatic heterocycles. The third-order valence-electron chi connectivity index (χ3n) is 2.53. The fourth-order valence-corrected chi connectivity index (χ4v) is 2.03. The Morgan fingerprint density at radius 1 is 1.24 bits per heavy atom. The SMILES string of the molecule is O=C(O)c1ccncc1NC(=O)c1c(F)cc(Br)cc1F. The van der Waals surface area contributed by atoms with E-state index in [0.717, 1.165) is 24.4 Å². The highest BCUT2D eigenvalue weighted by molar-refractivity contribution is 9.10. The van der Waals surface area contributed by atoms with Gasteiger partial charge in [0.25, 0.3) is 5.91 Å². The monoisotopic (exact) mass is 356 g/mol. The number of halogens is 3. The molecule has 0 atom stereocenters. The van der Waals surface area contributed by atoms with E-state index in [2.05, 4.69) is 26.2 Å². The Balaban J connectivity index is 2.38. The summed E-state index contributed by atoms with van der Waals surface area (Å²) in [5, 5.41) is 11.1. The number of hydrogen-bond acceptors (Lipinski definition) is 3. The first-order valence-corrected chi connectivity index (χ1v) is 6.32. The van der Waals surface area contributed by atoms with Crippen LogP contribution in [0, 0.1) is 11.6 Å². The van der Waals surface area contributed by atoms with Crippen LogP contribution in [0.15, 0.2) is 35.1 Å². The Kier molecular flexibility index (Phi) is 4.27. The zero-order chi connectivity index (χ0) is 15.6. The van der Waals surface area contributed by atoms with Crippen LogP contribution in [0.4, 0.5) is 14.5 Å². The average molecular weight is 357 g/mol. The Hall–Kier alpha value is -2.35. The molecule has 0 aliphatic rings. The van der Waals surface area contributed by atoms with Crippen molar-refractivity contribution in [3.05, 3.63) is 57.8 Å². The van der Waals surface area contributed by atoms with Crippen LogP contribution in [0.3, 0.4) is 0 Å². The van der Waals surface area contributed by atoms with Gasteiger partial charge < -0.3 is 10.4 Å². The number of carbonyl (C=O) groups excluding carboxylic acids is 1. The van der Waals surface area contributed by atoms with E-state index >= 15 is 0 Å². The number of carbonyl (C=O) groups is 2. The van der Waals surface area contributed by atoms with Crippen molar-refractivity contribution in [2.24, 2.45) is 0 Å². The van der Waals surface area contributed by atoms with Gasteiger partial charge in [0, 0.05) is 10.7 Å². The molecule has 0 aliphatic carbocycles. The molecule has 21 heavy (non-hydrogen) atoms. The predicted octanol–water partition coefficient (Wildman–Crippen LogP) is 3.07. The second-order valence-electron chi connectivity index (χ2n) is 3.92. The fourth-order valence-electron chi connectivity index (χ4n) is 1.62. The van der Waals surface area contributed by atoms with Gasteiger partial charge in [0.2, 0.25) is 0 Å². The quantitative estimate of drug-likeness (QED) is 0.885. The number of pyridine rings is 1. The van der Waals surface area contributed by atoms with Crippen molar-refractivity contribution < 1.29 is 23.5 Å². The highest BCUT2D eigenvalue weighted by Gasteiger charge is 2.20. The van der Waals surface area contributed by atoms with Gasteiger partial charge >= 0.3 is 5.97 Å². The maximum Gasteiger partial charge on any atom is 0.337 e. The van der Waals surface area contributed by atoms with Gasteiger partial charge in [0.1, 0.15) is 17.2 Å². The number of benzene rings is 1. The van der Waals surface area contributed by atoms with Gasteiger partial charge in [0.05, 0.1) is 17.4 Å². The molecule has 1 amide bonds. The van der Waals surface area contributed by atoms with E-state index in [1.165, 1.54) is 6.20 Å². The molecule has 2 aromatic rings. The lowest BCUT2D eigenvalue weighted by molar-refractivity contribution is 0.0698. The highest BCUT2D eigenvalue weighted by atomic mass is 79.9. The number of anilines is 1. The molecule has 5 nitrogen and oxygen atoms in total. The zero-order valence-corrected chi connectivity index (χ0v) is 11.8. The number of nitrogens with zero attached hydrogens (tertiary/aromatic N) is 1. The number of amides is 1. The zero-order valence-electron chi connectivity index (χ0n) is 10.2. The maximum absolute atomic E-state index is 13.7. The van der Waals surface area contributed by atoms with Crippen LogP contribution in [0.25, 0.3) is 0 Å². The summed E-state index contributed by atoms with van der Waals surface area (Å²) in [6.45, 7) is 0. The van der Waals surface area contributed by atoms with Crippen LogP contribution in [0.1, 0.15) is 20.7 Å². The van der Waals surface area contributed by atoms with Gasteiger partial charge in [-0.3, -0.25) is 9.78 Å². The van der Waals surface area contributed by atoms with E-state index in [4.69, 9.17) is 5.11 Å². The number of nitrogens with one attached hydrogen (secondary N) is 1. The van der Waals surface area contributed by atoms with Crippen LogP contribution in [-0.2, 0) is 0 Å². The van der Waals surface area contributed by atoms with Crippen molar-refractivity contribution in [1.82, 2.24) is 4.98 Å². The van der Waals surface area contributed by atoms with Gasteiger partial charge in [-0.1, -0.05) is 15.9 Å². The standard InChI is InChI=1S/C13H7BrF2N2O3/c14-6-3-8(15)11(9(16)4-6)12(19)18-10-5-17-2-1-7(10)13(20)21/h1-5H,(H,18,19)(H,20,21). The normalized spacial score (nSPS) is 10.2. The van der Waals surface area contributed by atoms with Crippen molar-refractivity contribution in [2.75, 3.05) is 5.32 Å². The third kappa shape index (κ3) is 3.22. The number of hydrogen-bond donors (Lipinski definition) is 2. The third-order valence-corrected chi connectivity index (χ3v) is 2.99. The van der Waals surface area contributed by atoms with E-state index in [1.807, 2.05) is 0 Å². The average Bonchev–Trinajstić information content (AvgIpc) is 2.37. The van der Waals surface area contributed by atoms with Crippen molar-refractivity contribution in [1.29, 1.82) is 0 Å². The van der Waals surface area contributed by atoms with Crippen LogP contribution >= 0.6 is 15.9 Å². The molecule has 0 radical (unpaired) electrons. The lowest BCUT2D eigenvalue weighted by atomic mass is 10.1. The second kappa shape index (κ2) is 5.96. The van der Waals surface area contributed by atoms with E-state index < -0.39 is 29.1 Å². The molecule has 0 saturated heterocycles. The van der Waals surface area contributed by atoms with Crippen LogP contribution < -0.4 is 5.32 Å². The topological polar surface area (TPSA) is 79.3 Å². The van der Waals surface area contributed by atoms with E-state index in [0.29, 0.717) is 0 Å². The molecule has 108 valence electrons. The van der Waals surface area contributed by atoms with Gasteiger partial charge in [0.15, 0.2) is 0 Å². The van der Waals surface area contributed by atoms with Crippen molar-refractivity contribution in [2.45, 2.75) is 0 Å². The van der Waals surface area contributed by atoms with Gasteiger partial charge in [-0.05, 0) is 18.2 Å². The second-order valence-corrected chi connectivity index (χ2v) is 4.84. The minimum absolute atomic E-state index is 0.140. The Morgan fingerprint density at radius 2 is 1.86 bits per heavy atom. The number of carboxylic acid groups (broad SMARTS) is 1. The van der Waals surface area contributed by atoms with Crippen LogP contribution in [-0.4, -0.2) is 22.0 Å². The minimum Gasteiger partial charge on any atom is -0.478 e. The highest BCUT2D eigenvalue weighted by Crippen LogP contribution is 2.21. The minimum atomic E-state index is -1.30. The number of carboxylic acids is 1. The molecule has 2 N–H and O–H groups in total. The largest absolute Gasteiger partial charge is 0.478 e. The fraction of sp³-hybridized carbons (Fsp3) is 0. The molecule has 0 spiro atoms. The van der Waals surface area contributed by atoms with Crippen molar-refractivity contribution >= 4 is 33.5 Å².